The normalized spacial score (nSPS) is 16.9. The standard InChI is InChI=1S/C20H24FN5O3/c1-13-9-24-15(10-23-13)11-25-19(27)8-18-20(28)22-5-6-26(18)12-14-3-4-16(29-2)7-17(14)21/h3-4,7,9-10,18H,5-6,8,11-12H2,1-2H3,(H,22,28)(H,25,27). The van der Waals surface area contributed by atoms with Gasteiger partial charge in [0, 0.05) is 37.5 Å². The lowest BCUT2D eigenvalue weighted by atomic mass is 10.1. The summed E-state index contributed by atoms with van der Waals surface area (Å²) in [4.78, 5) is 34.9. The van der Waals surface area contributed by atoms with Crippen LogP contribution in [0.1, 0.15) is 23.4 Å². The van der Waals surface area contributed by atoms with Gasteiger partial charge in [0.2, 0.25) is 11.8 Å². The number of nitrogens with one attached hydrogen (secondary N) is 2. The average molecular weight is 401 g/mol. The highest BCUT2D eigenvalue weighted by molar-refractivity contribution is 5.88. The number of nitrogens with zero attached hydrogens (tertiary/aromatic N) is 3. The molecule has 0 spiro atoms. The summed E-state index contributed by atoms with van der Waals surface area (Å²) >= 11 is 0. The molecule has 2 amide bonds. The van der Waals surface area contributed by atoms with Crippen molar-refractivity contribution in [3.05, 3.63) is 53.4 Å². The zero-order chi connectivity index (χ0) is 20.8. The maximum Gasteiger partial charge on any atom is 0.237 e. The molecule has 1 aliphatic heterocycles. The molecular formula is C20H24FN5O3. The lowest BCUT2D eigenvalue weighted by Gasteiger charge is -2.34. The predicted octanol–water partition coefficient (Wildman–Crippen LogP) is 0.940. The van der Waals surface area contributed by atoms with Crippen LogP contribution in [0.2, 0.25) is 0 Å². The van der Waals surface area contributed by atoms with Gasteiger partial charge in [-0.2, -0.15) is 0 Å². The first-order chi connectivity index (χ1) is 14.0. The number of hydrogen-bond acceptors (Lipinski definition) is 6. The number of piperazine rings is 1. The van der Waals surface area contributed by atoms with Gasteiger partial charge in [-0.25, -0.2) is 4.39 Å². The smallest absolute Gasteiger partial charge is 0.237 e. The van der Waals surface area contributed by atoms with Gasteiger partial charge in [-0.3, -0.25) is 24.5 Å². The lowest BCUT2D eigenvalue weighted by molar-refractivity contribution is -0.134. The summed E-state index contributed by atoms with van der Waals surface area (Å²) in [6, 6.07) is 3.94. The van der Waals surface area contributed by atoms with Gasteiger partial charge in [0.15, 0.2) is 0 Å². The summed E-state index contributed by atoms with van der Waals surface area (Å²) in [6.45, 7) is 3.27. The molecule has 3 rings (SSSR count). The summed E-state index contributed by atoms with van der Waals surface area (Å²) in [5.74, 6) is -0.501. The zero-order valence-corrected chi connectivity index (χ0v) is 16.4. The lowest BCUT2D eigenvalue weighted by Crippen LogP contribution is -2.56. The molecule has 1 atom stereocenters. The highest BCUT2D eigenvalue weighted by Crippen LogP contribution is 2.20. The van der Waals surface area contributed by atoms with Crippen molar-refractivity contribution < 1.29 is 18.7 Å². The molecule has 1 aromatic heterocycles. The van der Waals surface area contributed by atoms with E-state index < -0.39 is 11.9 Å². The molecule has 1 unspecified atom stereocenters. The van der Waals surface area contributed by atoms with Crippen LogP contribution in [0.25, 0.3) is 0 Å². The van der Waals surface area contributed by atoms with Crippen LogP contribution in [0.4, 0.5) is 4.39 Å². The maximum absolute atomic E-state index is 14.3. The molecule has 29 heavy (non-hydrogen) atoms. The third-order valence-electron chi connectivity index (χ3n) is 4.76. The minimum atomic E-state index is -0.672. The van der Waals surface area contributed by atoms with Gasteiger partial charge in [-0.1, -0.05) is 6.07 Å². The second-order valence-electron chi connectivity index (χ2n) is 6.86. The largest absolute Gasteiger partial charge is 0.497 e. The first kappa shape index (κ1) is 20.7. The molecule has 2 N–H and O–H groups in total. The molecule has 0 saturated carbocycles. The van der Waals surface area contributed by atoms with Crippen molar-refractivity contribution >= 4 is 11.8 Å². The van der Waals surface area contributed by atoms with E-state index in [1.165, 1.54) is 13.2 Å². The number of rotatable bonds is 7. The van der Waals surface area contributed by atoms with Crippen molar-refractivity contribution in [3.8, 4) is 5.75 Å². The van der Waals surface area contributed by atoms with E-state index in [0.29, 0.717) is 30.1 Å². The molecule has 0 aliphatic carbocycles. The van der Waals surface area contributed by atoms with Crippen LogP contribution in [0.15, 0.2) is 30.6 Å². The highest BCUT2D eigenvalue weighted by atomic mass is 19.1. The van der Waals surface area contributed by atoms with Gasteiger partial charge < -0.3 is 15.4 Å². The molecule has 0 radical (unpaired) electrons. The second-order valence-corrected chi connectivity index (χ2v) is 6.86. The molecule has 9 heteroatoms. The molecular weight excluding hydrogens is 377 g/mol. The van der Waals surface area contributed by atoms with E-state index in [1.807, 2.05) is 11.8 Å². The Morgan fingerprint density at radius 2 is 2.21 bits per heavy atom. The number of amides is 2. The molecule has 2 aromatic rings. The summed E-state index contributed by atoms with van der Waals surface area (Å²) < 4.78 is 19.3. The van der Waals surface area contributed by atoms with Crippen molar-refractivity contribution in [1.82, 2.24) is 25.5 Å². The molecule has 154 valence electrons. The number of benzene rings is 1. The van der Waals surface area contributed by atoms with E-state index in [-0.39, 0.29) is 31.3 Å². The fraction of sp³-hybridized carbons (Fsp3) is 0.400. The Balaban J connectivity index is 1.62. The van der Waals surface area contributed by atoms with Crippen molar-refractivity contribution in [3.63, 3.8) is 0 Å². The number of ether oxygens (including phenoxy) is 1. The Morgan fingerprint density at radius 1 is 1.38 bits per heavy atom. The van der Waals surface area contributed by atoms with Gasteiger partial charge >= 0.3 is 0 Å². The Hall–Kier alpha value is -3.07. The molecule has 8 nitrogen and oxygen atoms in total. The van der Waals surface area contributed by atoms with E-state index in [4.69, 9.17) is 4.74 Å². The van der Waals surface area contributed by atoms with E-state index in [9.17, 15) is 14.0 Å². The first-order valence-corrected chi connectivity index (χ1v) is 9.34. The summed E-state index contributed by atoms with van der Waals surface area (Å²) in [5.41, 5.74) is 1.87. The number of aromatic nitrogens is 2. The molecule has 2 heterocycles. The van der Waals surface area contributed by atoms with Crippen molar-refractivity contribution in [1.29, 1.82) is 0 Å². The van der Waals surface area contributed by atoms with Crippen LogP contribution in [0.5, 0.6) is 5.75 Å². The average Bonchev–Trinajstić information content (AvgIpc) is 2.71. The molecule has 1 saturated heterocycles. The molecule has 1 aliphatic rings. The first-order valence-electron chi connectivity index (χ1n) is 9.34. The van der Waals surface area contributed by atoms with Crippen LogP contribution >= 0.6 is 0 Å². The third kappa shape index (κ3) is 5.47. The van der Waals surface area contributed by atoms with Crippen molar-refractivity contribution in [2.24, 2.45) is 0 Å². The van der Waals surface area contributed by atoms with Gasteiger partial charge in [-0.15, -0.1) is 0 Å². The van der Waals surface area contributed by atoms with E-state index in [0.717, 1.165) is 5.69 Å². The Labute approximate surface area is 168 Å². The second kappa shape index (κ2) is 9.42. The van der Waals surface area contributed by atoms with Gasteiger partial charge in [0.1, 0.15) is 11.6 Å². The molecule has 1 aromatic carbocycles. The SMILES string of the molecule is COc1ccc(CN2CCNC(=O)C2CC(=O)NCc2cnc(C)cn2)c(F)c1. The number of aryl methyl sites for hydroxylation is 1. The quantitative estimate of drug-likeness (QED) is 0.717. The van der Waals surface area contributed by atoms with Gasteiger partial charge in [0.05, 0.1) is 43.7 Å². The van der Waals surface area contributed by atoms with Gasteiger partial charge in [-0.05, 0) is 13.0 Å². The number of carbonyl (C=O) groups excluding carboxylic acids is 2. The zero-order valence-electron chi connectivity index (χ0n) is 16.4. The Kier molecular flexibility index (Phi) is 6.71. The topological polar surface area (TPSA) is 96.5 Å². The number of methoxy groups -OCH3 is 1. The number of hydrogen-bond donors (Lipinski definition) is 2. The summed E-state index contributed by atoms with van der Waals surface area (Å²) in [7, 11) is 1.47. The van der Waals surface area contributed by atoms with Gasteiger partial charge in [0.25, 0.3) is 0 Å². The maximum atomic E-state index is 14.3. The summed E-state index contributed by atoms with van der Waals surface area (Å²) in [5, 5.41) is 5.53. The van der Waals surface area contributed by atoms with Crippen LogP contribution < -0.4 is 15.4 Å². The Bertz CT molecular complexity index is 875. The van der Waals surface area contributed by atoms with E-state index >= 15 is 0 Å². The monoisotopic (exact) mass is 401 g/mol. The van der Waals surface area contributed by atoms with Crippen LogP contribution in [-0.4, -0.2) is 52.9 Å². The van der Waals surface area contributed by atoms with E-state index in [2.05, 4.69) is 20.6 Å². The minimum Gasteiger partial charge on any atom is -0.497 e. The van der Waals surface area contributed by atoms with Crippen LogP contribution in [0, 0.1) is 12.7 Å². The molecule has 0 bridgehead atoms. The van der Waals surface area contributed by atoms with Crippen molar-refractivity contribution in [2.75, 3.05) is 20.2 Å². The highest BCUT2D eigenvalue weighted by Gasteiger charge is 2.32. The fourth-order valence-corrected chi connectivity index (χ4v) is 3.12. The van der Waals surface area contributed by atoms with Crippen LogP contribution in [0.3, 0.4) is 0 Å². The minimum absolute atomic E-state index is 0.0249. The summed E-state index contributed by atoms with van der Waals surface area (Å²) in [6.07, 6.45) is 3.20. The number of carbonyl (C=O) groups is 2. The predicted molar refractivity (Wildman–Crippen MR) is 103 cm³/mol. The third-order valence-corrected chi connectivity index (χ3v) is 4.76. The van der Waals surface area contributed by atoms with Crippen molar-refractivity contribution in [2.45, 2.75) is 32.5 Å². The van der Waals surface area contributed by atoms with Crippen LogP contribution in [-0.2, 0) is 22.7 Å². The Morgan fingerprint density at radius 3 is 2.90 bits per heavy atom. The molecule has 1 fully saturated rings. The van der Waals surface area contributed by atoms with E-state index in [1.54, 1.807) is 24.5 Å². The fourth-order valence-electron chi connectivity index (χ4n) is 3.12. The number of halogens is 1.